The van der Waals surface area contributed by atoms with E-state index in [0.717, 1.165) is 12.8 Å². The van der Waals surface area contributed by atoms with Crippen molar-refractivity contribution in [1.29, 1.82) is 5.41 Å². The second-order valence-electron chi connectivity index (χ2n) is 8.20. The number of pyridine rings is 1. The van der Waals surface area contributed by atoms with E-state index in [0.29, 0.717) is 30.0 Å². The molecule has 0 radical (unpaired) electrons. The SMILES string of the molecule is N=C(N)c1cccc(OCCNC(=O)c2ccc(CCc3ccncc3)cc2)c1.O=C(O)C(F)(F)F.O=C(O)C(F)(F)F. The van der Waals surface area contributed by atoms with Crippen molar-refractivity contribution in [1.82, 2.24) is 10.3 Å². The van der Waals surface area contributed by atoms with Gasteiger partial charge in [0, 0.05) is 23.5 Å². The first kappa shape index (κ1) is 35.9. The van der Waals surface area contributed by atoms with Crippen LogP contribution in [0.1, 0.15) is 27.0 Å². The van der Waals surface area contributed by atoms with Crippen molar-refractivity contribution in [2.75, 3.05) is 13.2 Å². The molecule has 43 heavy (non-hydrogen) atoms. The number of benzene rings is 2. The van der Waals surface area contributed by atoms with Crippen molar-refractivity contribution in [3.63, 3.8) is 0 Å². The van der Waals surface area contributed by atoms with E-state index in [1.165, 1.54) is 11.1 Å². The number of aliphatic carboxylic acids is 2. The number of aromatic nitrogens is 1. The number of hydrogen-bond acceptors (Lipinski definition) is 6. The van der Waals surface area contributed by atoms with Crippen LogP contribution in [0.15, 0.2) is 73.1 Å². The molecule has 1 amide bonds. The number of carbonyl (C=O) groups excluding carboxylic acids is 1. The van der Waals surface area contributed by atoms with Gasteiger partial charge in [-0.2, -0.15) is 26.3 Å². The van der Waals surface area contributed by atoms with Crippen molar-refractivity contribution < 1.29 is 55.7 Å². The molecule has 10 nitrogen and oxygen atoms in total. The van der Waals surface area contributed by atoms with E-state index in [4.69, 9.17) is 35.7 Å². The summed E-state index contributed by atoms with van der Waals surface area (Å²) in [6.07, 6.45) is -4.71. The maximum atomic E-state index is 12.3. The highest BCUT2D eigenvalue weighted by molar-refractivity contribution is 5.95. The van der Waals surface area contributed by atoms with Crippen molar-refractivity contribution in [2.45, 2.75) is 25.2 Å². The minimum absolute atomic E-state index is 0.00650. The number of ether oxygens (including phenoxy) is 1. The predicted octanol–water partition coefficient (Wildman–Crippen LogP) is 4.23. The van der Waals surface area contributed by atoms with Gasteiger partial charge < -0.3 is 26.0 Å². The standard InChI is InChI=1S/C23H24N4O2.2C2HF3O2/c24-22(25)20-2-1-3-21(16-20)29-15-14-27-23(28)19-8-6-17(7-9-19)4-5-18-10-12-26-13-11-18;2*3-2(4,5)1(6)7/h1-3,6-13,16H,4-5,14-15H2,(H3,24,25)(H,27,28);2*(H,6,7). The number of alkyl halides is 6. The van der Waals surface area contributed by atoms with Gasteiger partial charge in [-0.1, -0.05) is 24.3 Å². The molecule has 1 heterocycles. The number of amidine groups is 1. The zero-order chi connectivity index (χ0) is 32.6. The smallest absolute Gasteiger partial charge is 0.490 e. The lowest BCUT2D eigenvalue weighted by molar-refractivity contribution is -0.193. The molecule has 2 aromatic carbocycles. The van der Waals surface area contributed by atoms with Crippen LogP contribution in [0.3, 0.4) is 0 Å². The van der Waals surface area contributed by atoms with Gasteiger partial charge in [-0.05, 0) is 60.4 Å². The summed E-state index contributed by atoms with van der Waals surface area (Å²) >= 11 is 0. The van der Waals surface area contributed by atoms with Crippen LogP contribution >= 0.6 is 0 Å². The first-order chi connectivity index (χ1) is 20.0. The molecule has 6 N–H and O–H groups in total. The molecule has 0 saturated carbocycles. The topological polar surface area (TPSA) is 176 Å². The van der Waals surface area contributed by atoms with Crippen molar-refractivity contribution in [3.05, 3.63) is 95.3 Å². The van der Waals surface area contributed by atoms with Crippen molar-refractivity contribution >= 4 is 23.7 Å². The number of nitrogen functional groups attached to an aromatic ring is 1. The Labute approximate surface area is 240 Å². The lowest BCUT2D eigenvalue weighted by atomic mass is 10.0. The highest BCUT2D eigenvalue weighted by Gasteiger charge is 2.38. The maximum Gasteiger partial charge on any atom is 0.490 e. The normalized spacial score (nSPS) is 10.7. The molecule has 0 aliphatic carbocycles. The molecular weight excluding hydrogens is 590 g/mol. The summed E-state index contributed by atoms with van der Waals surface area (Å²) in [5.74, 6) is -5.04. The molecule has 16 heteroatoms. The molecule has 0 fully saturated rings. The Hall–Kier alpha value is -5.15. The Morgan fingerprint density at radius 1 is 0.814 bits per heavy atom. The quantitative estimate of drug-likeness (QED) is 0.103. The molecule has 3 aromatic rings. The van der Waals surface area contributed by atoms with Crippen LogP contribution in [0.5, 0.6) is 5.75 Å². The third kappa shape index (κ3) is 14.9. The monoisotopic (exact) mass is 616 g/mol. The van der Waals surface area contributed by atoms with Crippen LogP contribution < -0.4 is 15.8 Å². The average molecular weight is 617 g/mol. The van der Waals surface area contributed by atoms with Crippen LogP contribution in [0.2, 0.25) is 0 Å². The van der Waals surface area contributed by atoms with E-state index in [9.17, 15) is 31.1 Å². The molecule has 0 aliphatic rings. The molecule has 0 saturated heterocycles. The number of nitrogens with one attached hydrogen (secondary N) is 2. The van der Waals surface area contributed by atoms with Gasteiger partial charge in [0.1, 0.15) is 18.2 Å². The molecule has 232 valence electrons. The second kappa shape index (κ2) is 17.0. The maximum absolute atomic E-state index is 12.3. The highest BCUT2D eigenvalue weighted by atomic mass is 19.4. The highest BCUT2D eigenvalue weighted by Crippen LogP contribution is 2.14. The Bertz CT molecular complexity index is 1330. The molecule has 0 aliphatic heterocycles. The number of carboxylic acids is 2. The number of amides is 1. The minimum Gasteiger partial charge on any atom is -0.492 e. The number of nitrogens with two attached hydrogens (primary N) is 1. The zero-order valence-corrected chi connectivity index (χ0v) is 22.1. The van der Waals surface area contributed by atoms with E-state index in [1.54, 1.807) is 36.7 Å². The van der Waals surface area contributed by atoms with Gasteiger partial charge in [-0.3, -0.25) is 15.2 Å². The van der Waals surface area contributed by atoms with Gasteiger partial charge in [0.05, 0.1) is 6.54 Å². The van der Waals surface area contributed by atoms with E-state index < -0.39 is 24.3 Å². The number of halogens is 6. The second-order valence-corrected chi connectivity index (χ2v) is 8.20. The lowest BCUT2D eigenvalue weighted by Gasteiger charge is -2.09. The summed E-state index contributed by atoms with van der Waals surface area (Å²) < 4.78 is 69.1. The summed E-state index contributed by atoms with van der Waals surface area (Å²) in [4.78, 5) is 34.1. The number of hydrogen-bond donors (Lipinski definition) is 5. The summed E-state index contributed by atoms with van der Waals surface area (Å²) in [6, 6.07) is 18.7. The third-order valence-corrected chi connectivity index (χ3v) is 4.95. The molecular formula is C27H26F6N4O6. The Kier molecular flexibility index (Phi) is 14.1. The van der Waals surface area contributed by atoms with Crippen LogP contribution in [-0.4, -0.2) is 64.4 Å². The van der Waals surface area contributed by atoms with Gasteiger partial charge in [-0.15, -0.1) is 0 Å². The van der Waals surface area contributed by atoms with Crippen LogP contribution in [0.4, 0.5) is 26.3 Å². The molecule has 0 unspecified atom stereocenters. The summed E-state index contributed by atoms with van der Waals surface area (Å²) in [5.41, 5.74) is 9.13. The minimum atomic E-state index is -5.08. The average Bonchev–Trinajstić information content (AvgIpc) is 2.95. The zero-order valence-electron chi connectivity index (χ0n) is 22.1. The number of carboxylic acid groups (broad SMARTS) is 2. The Morgan fingerprint density at radius 3 is 1.77 bits per heavy atom. The van der Waals surface area contributed by atoms with E-state index in [1.807, 2.05) is 36.4 Å². The fourth-order valence-electron chi connectivity index (χ4n) is 2.85. The van der Waals surface area contributed by atoms with Gasteiger partial charge in [-0.25, -0.2) is 9.59 Å². The fraction of sp³-hybridized carbons (Fsp3) is 0.222. The predicted molar refractivity (Wildman–Crippen MR) is 141 cm³/mol. The third-order valence-electron chi connectivity index (χ3n) is 4.95. The van der Waals surface area contributed by atoms with Gasteiger partial charge in [0.25, 0.3) is 5.91 Å². The first-order valence-corrected chi connectivity index (χ1v) is 11.9. The van der Waals surface area contributed by atoms with E-state index >= 15 is 0 Å². The molecule has 0 atom stereocenters. The van der Waals surface area contributed by atoms with Gasteiger partial charge in [0.2, 0.25) is 0 Å². The summed E-state index contributed by atoms with van der Waals surface area (Å²) in [5, 5.41) is 24.5. The van der Waals surface area contributed by atoms with Crippen LogP contribution in [0, 0.1) is 5.41 Å². The van der Waals surface area contributed by atoms with Gasteiger partial charge in [0.15, 0.2) is 0 Å². The lowest BCUT2D eigenvalue weighted by Crippen LogP contribution is -2.28. The first-order valence-electron chi connectivity index (χ1n) is 11.9. The van der Waals surface area contributed by atoms with Crippen molar-refractivity contribution in [3.8, 4) is 5.75 Å². The Morgan fingerprint density at radius 2 is 1.30 bits per heavy atom. The molecule has 3 rings (SSSR count). The molecule has 0 bridgehead atoms. The number of rotatable bonds is 9. The van der Waals surface area contributed by atoms with Crippen molar-refractivity contribution in [2.24, 2.45) is 5.73 Å². The fourth-order valence-corrected chi connectivity index (χ4v) is 2.85. The van der Waals surface area contributed by atoms with E-state index in [-0.39, 0.29) is 11.7 Å². The molecule has 1 aromatic heterocycles. The molecule has 0 spiro atoms. The van der Waals surface area contributed by atoms with Crippen LogP contribution in [-0.2, 0) is 22.4 Å². The number of aryl methyl sites for hydroxylation is 2. The summed E-state index contributed by atoms with van der Waals surface area (Å²) in [6.45, 7) is 0.712. The summed E-state index contributed by atoms with van der Waals surface area (Å²) in [7, 11) is 0. The van der Waals surface area contributed by atoms with Gasteiger partial charge >= 0.3 is 24.3 Å². The van der Waals surface area contributed by atoms with E-state index in [2.05, 4.69) is 10.3 Å². The number of nitrogens with zero attached hydrogens (tertiary/aromatic N) is 1. The largest absolute Gasteiger partial charge is 0.492 e. The number of carbonyl (C=O) groups is 3. The Balaban J connectivity index is 0.000000548. The van der Waals surface area contributed by atoms with Crippen LogP contribution in [0.25, 0.3) is 0 Å².